The first-order valence-electron chi connectivity index (χ1n) is 4.18. The van der Waals surface area contributed by atoms with Crippen molar-refractivity contribution in [1.82, 2.24) is 0 Å². The molecule has 0 spiro atoms. The Morgan fingerprint density at radius 2 is 1.80 bits per heavy atom. The molecule has 1 nitrogen and oxygen atoms in total. The van der Waals surface area contributed by atoms with Gasteiger partial charge < -0.3 is 4.74 Å². The monoisotopic (exact) mass is 144 g/mol. The molecule has 0 saturated carbocycles. The number of rotatable bonds is 4. The van der Waals surface area contributed by atoms with E-state index < -0.39 is 0 Å². The van der Waals surface area contributed by atoms with Crippen molar-refractivity contribution >= 4 is 0 Å². The topological polar surface area (TPSA) is 9.23 Å². The van der Waals surface area contributed by atoms with E-state index in [4.69, 9.17) is 4.74 Å². The Hall–Kier alpha value is -0.0400. The molecule has 0 aromatic rings. The van der Waals surface area contributed by atoms with Gasteiger partial charge in [-0.1, -0.05) is 20.3 Å². The average Bonchev–Trinajstić information content (AvgIpc) is 1.86. The van der Waals surface area contributed by atoms with Crippen molar-refractivity contribution in [2.24, 2.45) is 5.92 Å². The summed E-state index contributed by atoms with van der Waals surface area (Å²) in [5.41, 5.74) is 0.0590. The summed E-state index contributed by atoms with van der Waals surface area (Å²) in [6.07, 6.45) is 1.19. The van der Waals surface area contributed by atoms with Gasteiger partial charge in [0.15, 0.2) is 0 Å². The third kappa shape index (κ3) is 2.70. The van der Waals surface area contributed by atoms with Gasteiger partial charge in [0.05, 0.1) is 5.60 Å². The largest absolute Gasteiger partial charge is 0.376 e. The van der Waals surface area contributed by atoms with E-state index in [0.717, 1.165) is 6.61 Å². The average molecular weight is 144 g/mol. The maximum atomic E-state index is 5.58. The molecule has 0 rings (SSSR count). The molecule has 0 aliphatic carbocycles. The van der Waals surface area contributed by atoms with Crippen molar-refractivity contribution in [2.75, 3.05) is 6.61 Å². The van der Waals surface area contributed by atoms with Crippen LogP contribution in [0.5, 0.6) is 0 Å². The minimum Gasteiger partial charge on any atom is -0.376 e. The van der Waals surface area contributed by atoms with Gasteiger partial charge in [-0.3, -0.25) is 0 Å². The van der Waals surface area contributed by atoms with Crippen LogP contribution in [0.1, 0.15) is 41.0 Å². The Bertz CT molecular complexity index is 86.7. The highest BCUT2D eigenvalue weighted by atomic mass is 16.5. The van der Waals surface area contributed by atoms with Crippen LogP contribution in [0.3, 0.4) is 0 Å². The van der Waals surface area contributed by atoms with E-state index >= 15 is 0 Å². The fraction of sp³-hybridized carbons (Fsp3) is 1.00. The number of hydrogen-bond donors (Lipinski definition) is 0. The van der Waals surface area contributed by atoms with Gasteiger partial charge in [-0.15, -0.1) is 0 Å². The zero-order valence-electron chi connectivity index (χ0n) is 7.90. The van der Waals surface area contributed by atoms with Crippen LogP contribution in [-0.4, -0.2) is 12.2 Å². The molecule has 0 aliphatic heterocycles. The molecule has 0 aromatic heterocycles. The molecule has 1 atom stereocenters. The van der Waals surface area contributed by atoms with Gasteiger partial charge in [-0.2, -0.15) is 0 Å². The standard InChI is InChI=1S/C9H20O/c1-6-8(3)9(4,5)10-7-2/h8H,6-7H2,1-5H3. The zero-order chi connectivity index (χ0) is 8.20. The first-order valence-corrected chi connectivity index (χ1v) is 4.18. The lowest BCUT2D eigenvalue weighted by Gasteiger charge is -2.30. The van der Waals surface area contributed by atoms with Gasteiger partial charge >= 0.3 is 0 Å². The van der Waals surface area contributed by atoms with Crippen molar-refractivity contribution in [1.29, 1.82) is 0 Å². The highest BCUT2D eigenvalue weighted by Gasteiger charge is 2.23. The van der Waals surface area contributed by atoms with Crippen molar-refractivity contribution in [3.63, 3.8) is 0 Å². The third-order valence-corrected chi connectivity index (χ3v) is 2.32. The molecule has 0 heterocycles. The lowest BCUT2D eigenvalue weighted by atomic mass is 9.90. The minimum absolute atomic E-state index is 0.0590. The van der Waals surface area contributed by atoms with Gasteiger partial charge in [-0.25, -0.2) is 0 Å². The van der Waals surface area contributed by atoms with Crippen LogP contribution in [0.25, 0.3) is 0 Å². The molecular weight excluding hydrogens is 124 g/mol. The fourth-order valence-corrected chi connectivity index (χ4v) is 1.01. The van der Waals surface area contributed by atoms with Crippen LogP contribution >= 0.6 is 0 Å². The summed E-state index contributed by atoms with van der Waals surface area (Å²) < 4.78 is 5.58. The normalized spacial score (nSPS) is 15.3. The summed E-state index contributed by atoms with van der Waals surface area (Å²) in [5, 5.41) is 0. The Morgan fingerprint density at radius 3 is 2.10 bits per heavy atom. The summed E-state index contributed by atoms with van der Waals surface area (Å²) >= 11 is 0. The van der Waals surface area contributed by atoms with Gasteiger partial charge in [0.2, 0.25) is 0 Å². The van der Waals surface area contributed by atoms with E-state index in [2.05, 4.69) is 27.7 Å². The van der Waals surface area contributed by atoms with E-state index in [9.17, 15) is 0 Å². The molecule has 0 saturated heterocycles. The Labute approximate surface area is 64.8 Å². The predicted molar refractivity (Wildman–Crippen MR) is 45.2 cm³/mol. The van der Waals surface area contributed by atoms with Crippen molar-refractivity contribution < 1.29 is 4.74 Å². The van der Waals surface area contributed by atoms with E-state index in [1.54, 1.807) is 0 Å². The highest BCUT2D eigenvalue weighted by Crippen LogP contribution is 2.23. The van der Waals surface area contributed by atoms with E-state index in [0.29, 0.717) is 5.92 Å². The molecule has 0 aliphatic rings. The SMILES string of the molecule is CCOC(C)(C)C(C)CC. The summed E-state index contributed by atoms with van der Waals surface area (Å²) in [6.45, 7) is 11.6. The second-order valence-electron chi connectivity index (χ2n) is 3.35. The Balaban J connectivity index is 3.82. The van der Waals surface area contributed by atoms with E-state index in [1.807, 2.05) is 6.92 Å². The Morgan fingerprint density at radius 1 is 1.30 bits per heavy atom. The van der Waals surface area contributed by atoms with E-state index in [-0.39, 0.29) is 5.60 Å². The molecular formula is C9H20O. The smallest absolute Gasteiger partial charge is 0.0651 e. The maximum Gasteiger partial charge on any atom is 0.0651 e. The van der Waals surface area contributed by atoms with Crippen LogP contribution in [0.2, 0.25) is 0 Å². The molecule has 0 aromatic carbocycles. The van der Waals surface area contributed by atoms with E-state index in [1.165, 1.54) is 6.42 Å². The van der Waals surface area contributed by atoms with Crippen molar-refractivity contribution in [3.8, 4) is 0 Å². The second-order valence-corrected chi connectivity index (χ2v) is 3.35. The number of ether oxygens (including phenoxy) is 1. The maximum absolute atomic E-state index is 5.58. The number of hydrogen-bond acceptors (Lipinski definition) is 1. The molecule has 0 radical (unpaired) electrons. The third-order valence-electron chi connectivity index (χ3n) is 2.32. The molecule has 0 amide bonds. The molecule has 0 fully saturated rings. The van der Waals surface area contributed by atoms with Crippen LogP contribution in [0.15, 0.2) is 0 Å². The highest BCUT2D eigenvalue weighted by molar-refractivity contribution is 4.74. The molecule has 62 valence electrons. The molecule has 10 heavy (non-hydrogen) atoms. The van der Waals surface area contributed by atoms with Gasteiger partial charge in [0.25, 0.3) is 0 Å². The lowest BCUT2D eigenvalue weighted by Crippen LogP contribution is -2.32. The second kappa shape index (κ2) is 3.97. The zero-order valence-corrected chi connectivity index (χ0v) is 7.90. The van der Waals surface area contributed by atoms with Crippen LogP contribution < -0.4 is 0 Å². The first-order chi connectivity index (χ1) is 4.54. The molecule has 1 heteroatoms. The predicted octanol–water partition coefficient (Wildman–Crippen LogP) is 2.85. The van der Waals surface area contributed by atoms with Crippen molar-refractivity contribution in [2.45, 2.75) is 46.6 Å². The molecule has 1 unspecified atom stereocenters. The molecule has 0 N–H and O–H groups in total. The van der Waals surface area contributed by atoms with Crippen molar-refractivity contribution in [3.05, 3.63) is 0 Å². The summed E-state index contributed by atoms with van der Waals surface area (Å²) in [4.78, 5) is 0. The lowest BCUT2D eigenvalue weighted by molar-refractivity contribution is -0.0499. The molecule has 0 bridgehead atoms. The Kier molecular flexibility index (Phi) is 3.95. The van der Waals surface area contributed by atoms with Gasteiger partial charge in [0, 0.05) is 6.61 Å². The summed E-state index contributed by atoms with van der Waals surface area (Å²) in [5.74, 6) is 0.646. The summed E-state index contributed by atoms with van der Waals surface area (Å²) in [6, 6.07) is 0. The van der Waals surface area contributed by atoms with Gasteiger partial charge in [0.1, 0.15) is 0 Å². The fourth-order valence-electron chi connectivity index (χ4n) is 1.01. The van der Waals surface area contributed by atoms with Crippen LogP contribution in [0.4, 0.5) is 0 Å². The van der Waals surface area contributed by atoms with Gasteiger partial charge in [-0.05, 0) is 26.7 Å². The quantitative estimate of drug-likeness (QED) is 0.589. The minimum atomic E-state index is 0.0590. The summed E-state index contributed by atoms with van der Waals surface area (Å²) in [7, 11) is 0. The van der Waals surface area contributed by atoms with Crippen LogP contribution in [-0.2, 0) is 4.74 Å². The van der Waals surface area contributed by atoms with Crippen LogP contribution in [0, 0.1) is 5.92 Å². The first kappa shape index (κ1) is 9.96.